The standard InChI is InChI=1S/C19H20N6O4/c1-12(17-23-22-15-6-2-3-9-24(15)17)20-16(26)8-7-14-18(27)25(19(28)21-14)11-13-5-4-10-29-13/h2-6,9-10,12,14H,7-8,11H2,1H3,(H,20,26)(H,21,28)/t12-,14+/m1/s1. The van der Waals surface area contributed by atoms with Crippen molar-refractivity contribution in [1.82, 2.24) is 30.1 Å². The molecule has 1 aliphatic heterocycles. The number of hydrogen-bond acceptors (Lipinski definition) is 6. The van der Waals surface area contributed by atoms with E-state index >= 15 is 0 Å². The number of pyridine rings is 1. The van der Waals surface area contributed by atoms with Crippen LogP contribution in [0.25, 0.3) is 5.65 Å². The molecule has 0 unspecified atom stereocenters. The van der Waals surface area contributed by atoms with Gasteiger partial charge in [-0.25, -0.2) is 4.79 Å². The van der Waals surface area contributed by atoms with E-state index in [9.17, 15) is 14.4 Å². The Bertz CT molecular complexity index is 1040. The zero-order valence-corrected chi connectivity index (χ0v) is 15.7. The van der Waals surface area contributed by atoms with Crippen LogP contribution >= 0.6 is 0 Å². The molecule has 4 amide bonds. The molecule has 2 N–H and O–H groups in total. The summed E-state index contributed by atoms with van der Waals surface area (Å²) >= 11 is 0. The second kappa shape index (κ2) is 7.74. The highest BCUT2D eigenvalue weighted by Crippen LogP contribution is 2.16. The molecular weight excluding hydrogens is 376 g/mol. The molecule has 10 nitrogen and oxygen atoms in total. The van der Waals surface area contributed by atoms with Crippen LogP contribution in [0.3, 0.4) is 0 Å². The number of imide groups is 1. The molecule has 0 aliphatic carbocycles. The van der Waals surface area contributed by atoms with Gasteiger partial charge in [-0.1, -0.05) is 6.07 Å². The Labute approximate surface area is 165 Å². The highest BCUT2D eigenvalue weighted by atomic mass is 16.3. The van der Waals surface area contributed by atoms with Crippen molar-refractivity contribution >= 4 is 23.5 Å². The monoisotopic (exact) mass is 396 g/mol. The normalized spacial score (nSPS) is 17.6. The van der Waals surface area contributed by atoms with Crippen LogP contribution in [0.5, 0.6) is 0 Å². The van der Waals surface area contributed by atoms with Crippen LogP contribution in [0.4, 0.5) is 4.79 Å². The summed E-state index contributed by atoms with van der Waals surface area (Å²) < 4.78 is 6.99. The van der Waals surface area contributed by atoms with Crippen LogP contribution < -0.4 is 10.6 Å². The second-order valence-corrected chi connectivity index (χ2v) is 6.82. The van der Waals surface area contributed by atoms with Crippen LogP contribution in [0.1, 0.15) is 37.4 Å². The fourth-order valence-corrected chi connectivity index (χ4v) is 3.29. The molecule has 0 radical (unpaired) electrons. The lowest BCUT2D eigenvalue weighted by molar-refractivity contribution is -0.128. The molecule has 3 aromatic heterocycles. The largest absolute Gasteiger partial charge is 0.467 e. The number of carbonyl (C=O) groups excluding carboxylic acids is 3. The number of fused-ring (bicyclic) bond motifs is 1. The first-order valence-corrected chi connectivity index (χ1v) is 9.26. The summed E-state index contributed by atoms with van der Waals surface area (Å²) in [6.07, 6.45) is 3.60. The van der Waals surface area contributed by atoms with Crippen LogP contribution in [0.15, 0.2) is 47.2 Å². The summed E-state index contributed by atoms with van der Waals surface area (Å²) in [7, 11) is 0. The zero-order valence-electron chi connectivity index (χ0n) is 15.7. The van der Waals surface area contributed by atoms with Gasteiger partial charge >= 0.3 is 6.03 Å². The number of nitrogens with one attached hydrogen (secondary N) is 2. The van der Waals surface area contributed by atoms with E-state index in [-0.39, 0.29) is 37.2 Å². The van der Waals surface area contributed by atoms with Crippen LogP contribution in [-0.2, 0) is 16.1 Å². The number of amides is 4. The van der Waals surface area contributed by atoms with Crippen LogP contribution in [-0.4, -0.2) is 43.4 Å². The molecule has 1 saturated heterocycles. The summed E-state index contributed by atoms with van der Waals surface area (Å²) in [6.45, 7) is 1.88. The number of aromatic nitrogens is 3. The summed E-state index contributed by atoms with van der Waals surface area (Å²) in [5, 5.41) is 13.7. The summed E-state index contributed by atoms with van der Waals surface area (Å²) in [5.74, 6) is 0.525. The molecule has 4 heterocycles. The van der Waals surface area contributed by atoms with E-state index in [2.05, 4.69) is 20.8 Å². The predicted octanol–water partition coefficient (Wildman–Crippen LogP) is 1.40. The molecule has 0 spiro atoms. The molecule has 1 aliphatic rings. The van der Waals surface area contributed by atoms with Crippen molar-refractivity contribution in [3.8, 4) is 0 Å². The lowest BCUT2D eigenvalue weighted by atomic mass is 10.1. The van der Waals surface area contributed by atoms with E-state index in [0.29, 0.717) is 17.2 Å². The van der Waals surface area contributed by atoms with Crippen molar-refractivity contribution in [3.05, 3.63) is 54.4 Å². The molecule has 4 rings (SSSR count). The van der Waals surface area contributed by atoms with Crippen molar-refractivity contribution < 1.29 is 18.8 Å². The quantitative estimate of drug-likeness (QED) is 0.582. The van der Waals surface area contributed by atoms with E-state index in [0.717, 1.165) is 4.90 Å². The SMILES string of the molecule is C[C@@H](NC(=O)CC[C@@H]1NC(=O)N(Cc2ccco2)C1=O)c1nnc2ccccn12. The maximum Gasteiger partial charge on any atom is 0.325 e. The lowest BCUT2D eigenvalue weighted by Gasteiger charge is -2.14. The topological polar surface area (TPSA) is 122 Å². The first-order valence-electron chi connectivity index (χ1n) is 9.26. The first-order chi connectivity index (χ1) is 14.0. The van der Waals surface area contributed by atoms with Gasteiger partial charge in [0.15, 0.2) is 11.5 Å². The number of nitrogens with zero attached hydrogens (tertiary/aromatic N) is 4. The minimum atomic E-state index is -0.729. The summed E-state index contributed by atoms with van der Waals surface area (Å²) in [5.41, 5.74) is 0.694. The van der Waals surface area contributed by atoms with Gasteiger partial charge in [-0.2, -0.15) is 0 Å². The van der Waals surface area contributed by atoms with Gasteiger partial charge in [0.05, 0.1) is 18.8 Å². The zero-order chi connectivity index (χ0) is 20.4. The van der Waals surface area contributed by atoms with Gasteiger partial charge in [0, 0.05) is 12.6 Å². The van der Waals surface area contributed by atoms with Crippen molar-refractivity contribution in [2.75, 3.05) is 0 Å². The Hall–Kier alpha value is -3.69. The third kappa shape index (κ3) is 3.82. The molecule has 2 atom stereocenters. The fourth-order valence-electron chi connectivity index (χ4n) is 3.29. The average Bonchev–Trinajstić information content (AvgIpc) is 3.42. The highest BCUT2D eigenvalue weighted by molar-refractivity contribution is 6.04. The Morgan fingerprint density at radius 1 is 1.28 bits per heavy atom. The first kappa shape index (κ1) is 18.7. The molecule has 0 bridgehead atoms. The van der Waals surface area contributed by atoms with Crippen molar-refractivity contribution in [1.29, 1.82) is 0 Å². The number of hydrogen-bond donors (Lipinski definition) is 2. The van der Waals surface area contributed by atoms with Crippen LogP contribution in [0.2, 0.25) is 0 Å². The van der Waals surface area contributed by atoms with Gasteiger partial charge in [-0.05, 0) is 37.6 Å². The lowest BCUT2D eigenvalue weighted by Crippen LogP contribution is -2.33. The number of carbonyl (C=O) groups is 3. The Morgan fingerprint density at radius 2 is 2.14 bits per heavy atom. The van der Waals surface area contributed by atoms with E-state index in [1.807, 2.05) is 31.3 Å². The molecular formula is C19H20N6O4. The Kier molecular flexibility index (Phi) is 4.98. The maximum absolute atomic E-state index is 12.5. The molecule has 150 valence electrons. The molecule has 3 aromatic rings. The molecule has 0 aromatic carbocycles. The van der Waals surface area contributed by atoms with Gasteiger partial charge in [0.2, 0.25) is 5.91 Å². The minimum absolute atomic E-state index is 0.0668. The smallest absolute Gasteiger partial charge is 0.325 e. The van der Waals surface area contributed by atoms with Crippen molar-refractivity contribution in [2.45, 2.75) is 38.4 Å². The van der Waals surface area contributed by atoms with Gasteiger partial charge < -0.3 is 15.1 Å². The Morgan fingerprint density at radius 3 is 2.93 bits per heavy atom. The highest BCUT2D eigenvalue weighted by Gasteiger charge is 2.38. The molecule has 29 heavy (non-hydrogen) atoms. The summed E-state index contributed by atoms with van der Waals surface area (Å²) in [4.78, 5) is 38.0. The van der Waals surface area contributed by atoms with Gasteiger partial charge in [-0.15, -0.1) is 10.2 Å². The Balaban J connectivity index is 1.31. The second-order valence-electron chi connectivity index (χ2n) is 6.82. The third-order valence-electron chi connectivity index (χ3n) is 4.77. The minimum Gasteiger partial charge on any atom is -0.467 e. The molecule has 1 fully saturated rings. The van der Waals surface area contributed by atoms with Gasteiger partial charge in [0.25, 0.3) is 5.91 Å². The predicted molar refractivity (Wildman–Crippen MR) is 100 cm³/mol. The number of urea groups is 1. The van der Waals surface area contributed by atoms with E-state index < -0.39 is 12.1 Å². The summed E-state index contributed by atoms with van der Waals surface area (Å²) in [6, 6.07) is 7.35. The maximum atomic E-state index is 12.5. The molecule has 10 heteroatoms. The number of rotatable bonds is 7. The van der Waals surface area contributed by atoms with Crippen molar-refractivity contribution in [2.24, 2.45) is 0 Å². The van der Waals surface area contributed by atoms with Gasteiger partial charge in [0.1, 0.15) is 11.8 Å². The van der Waals surface area contributed by atoms with Crippen LogP contribution in [0, 0.1) is 0 Å². The van der Waals surface area contributed by atoms with Crippen molar-refractivity contribution in [3.63, 3.8) is 0 Å². The molecule has 0 saturated carbocycles. The fraction of sp³-hybridized carbons (Fsp3) is 0.316. The third-order valence-corrected chi connectivity index (χ3v) is 4.77. The van der Waals surface area contributed by atoms with Gasteiger partial charge in [-0.3, -0.25) is 18.9 Å². The van der Waals surface area contributed by atoms with E-state index in [1.54, 1.807) is 16.5 Å². The van der Waals surface area contributed by atoms with E-state index in [4.69, 9.17) is 4.42 Å². The van der Waals surface area contributed by atoms with E-state index in [1.165, 1.54) is 6.26 Å². The average molecular weight is 396 g/mol. The number of furan rings is 1.